The molecule has 0 heterocycles. The van der Waals surface area contributed by atoms with E-state index in [9.17, 15) is 9.50 Å². The summed E-state index contributed by atoms with van der Waals surface area (Å²) in [4.78, 5) is 0. The van der Waals surface area contributed by atoms with Gasteiger partial charge in [-0.3, -0.25) is 0 Å². The van der Waals surface area contributed by atoms with Crippen molar-refractivity contribution in [2.24, 2.45) is 0 Å². The summed E-state index contributed by atoms with van der Waals surface area (Å²) >= 11 is 0. The van der Waals surface area contributed by atoms with Crippen LogP contribution in [0.4, 0.5) is 4.39 Å². The molecular weight excluding hydrogens is 241 g/mol. The average Bonchev–Trinajstić information content (AvgIpc) is 2.39. The molecule has 1 atom stereocenters. The highest BCUT2D eigenvalue weighted by atomic mass is 19.1. The molecule has 0 aliphatic carbocycles. The maximum Gasteiger partial charge on any atom is 0.123 e. The van der Waals surface area contributed by atoms with E-state index >= 15 is 0 Å². The summed E-state index contributed by atoms with van der Waals surface area (Å²) in [6, 6.07) is 12.0. The van der Waals surface area contributed by atoms with Crippen LogP contribution in [0.2, 0.25) is 0 Å². The number of phenols is 1. The minimum absolute atomic E-state index is 0.0255. The molecular formula is C16H18FNO. The molecule has 2 nitrogen and oxygen atoms in total. The number of likely N-dealkylation sites (N-methyl/N-ethyl adjacent to an activating group) is 1. The van der Waals surface area contributed by atoms with Crippen LogP contribution >= 0.6 is 0 Å². The maximum atomic E-state index is 13.4. The standard InChI is InChI=1S/C16H18FNO/c1-11-6-7-13(17)10-15(11)16(18-2)9-12-4-3-5-14(19)8-12/h3-8,10,16,18-19H,9H2,1-2H3. The topological polar surface area (TPSA) is 32.3 Å². The summed E-state index contributed by atoms with van der Waals surface area (Å²) in [5.74, 6) is 0.0278. The predicted octanol–water partition coefficient (Wildman–Crippen LogP) is 3.34. The van der Waals surface area contributed by atoms with Crippen LogP contribution in [0.25, 0.3) is 0 Å². The second-order valence-corrected chi connectivity index (χ2v) is 4.72. The van der Waals surface area contributed by atoms with Gasteiger partial charge in [0.25, 0.3) is 0 Å². The largest absolute Gasteiger partial charge is 0.508 e. The normalized spacial score (nSPS) is 12.4. The number of hydrogen-bond donors (Lipinski definition) is 2. The van der Waals surface area contributed by atoms with Gasteiger partial charge in [-0.25, -0.2) is 4.39 Å². The first kappa shape index (κ1) is 13.6. The Bertz CT molecular complexity index is 568. The third-order valence-electron chi connectivity index (χ3n) is 3.32. The fourth-order valence-corrected chi connectivity index (χ4v) is 2.27. The lowest BCUT2D eigenvalue weighted by Gasteiger charge is -2.19. The van der Waals surface area contributed by atoms with Crippen molar-refractivity contribution in [3.8, 4) is 5.75 Å². The Kier molecular flexibility index (Phi) is 4.17. The molecule has 2 aromatic rings. The molecule has 19 heavy (non-hydrogen) atoms. The molecule has 0 aliphatic heterocycles. The molecule has 1 unspecified atom stereocenters. The lowest BCUT2D eigenvalue weighted by Crippen LogP contribution is -2.20. The van der Waals surface area contributed by atoms with E-state index in [4.69, 9.17) is 0 Å². The number of hydrogen-bond acceptors (Lipinski definition) is 2. The first-order valence-corrected chi connectivity index (χ1v) is 6.31. The Morgan fingerprint density at radius 1 is 1.21 bits per heavy atom. The van der Waals surface area contributed by atoms with Crippen LogP contribution in [-0.2, 0) is 6.42 Å². The van der Waals surface area contributed by atoms with E-state index in [-0.39, 0.29) is 17.6 Å². The number of phenolic OH excluding ortho intramolecular Hbond substituents is 1. The van der Waals surface area contributed by atoms with Gasteiger partial charge >= 0.3 is 0 Å². The third kappa shape index (κ3) is 3.32. The lowest BCUT2D eigenvalue weighted by atomic mass is 9.95. The summed E-state index contributed by atoms with van der Waals surface area (Å²) in [7, 11) is 1.86. The van der Waals surface area contributed by atoms with Gasteiger partial charge in [-0.1, -0.05) is 18.2 Å². The molecule has 0 spiro atoms. The predicted molar refractivity (Wildman–Crippen MR) is 74.7 cm³/mol. The van der Waals surface area contributed by atoms with Gasteiger partial charge in [0.15, 0.2) is 0 Å². The molecule has 100 valence electrons. The number of nitrogens with one attached hydrogen (secondary N) is 1. The van der Waals surface area contributed by atoms with E-state index in [2.05, 4.69) is 5.32 Å². The lowest BCUT2D eigenvalue weighted by molar-refractivity contribution is 0.473. The summed E-state index contributed by atoms with van der Waals surface area (Å²) in [6.45, 7) is 1.97. The fourth-order valence-electron chi connectivity index (χ4n) is 2.27. The van der Waals surface area contributed by atoms with E-state index in [1.54, 1.807) is 24.3 Å². The summed E-state index contributed by atoms with van der Waals surface area (Å²) in [5.41, 5.74) is 3.02. The minimum atomic E-state index is -0.225. The zero-order valence-electron chi connectivity index (χ0n) is 11.2. The zero-order chi connectivity index (χ0) is 13.8. The maximum absolute atomic E-state index is 13.4. The van der Waals surface area contributed by atoms with Crippen molar-refractivity contribution in [3.05, 3.63) is 65.0 Å². The number of rotatable bonds is 4. The highest BCUT2D eigenvalue weighted by molar-refractivity contribution is 5.33. The van der Waals surface area contributed by atoms with Crippen molar-refractivity contribution in [3.63, 3.8) is 0 Å². The minimum Gasteiger partial charge on any atom is -0.508 e. The van der Waals surface area contributed by atoms with Crippen LogP contribution in [0.5, 0.6) is 5.75 Å². The molecule has 0 bridgehead atoms. The SMILES string of the molecule is CNC(Cc1cccc(O)c1)c1cc(F)ccc1C. The van der Waals surface area contributed by atoms with Gasteiger partial charge in [-0.05, 0) is 61.3 Å². The van der Waals surface area contributed by atoms with E-state index in [0.29, 0.717) is 6.42 Å². The quantitative estimate of drug-likeness (QED) is 0.882. The van der Waals surface area contributed by atoms with Crippen molar-refractivity contribution in [2.75, 3.05) is 7.05 Å². The van der Waals surface area contributed by atoms with Crippen LogP contribution in [0.15, 0.2) is 42.5 Å². The third-order valence-corrected chi connectivity index (χ3v) is 3.32. The van der Waals surface area contributed by atoms with E-state index < -0.39 is 0 Å². The molecule has 0 saturated carbocycles. The van der Waals surface area contributed by atoms with Crippen molar-refractivity contribution in [1.82, 2.24) is 5.32 Å². The molecule has 2 rings (SSSR count). The smallest absolute Gasteiger partial charge is 0.123 e. The Balaban J connectivity index is 2.27. The van der Waals surface area contributed by atoms with Crippen molar-refractivity contribution in [1.29, 1.82) is 0 Å². The monoisotopic (exact) mass is 259 g/mol. The summed E-state index contributed by atoms with van der Waals surface area (Å²) < 4.78 is 13.4. The van der Waals surface area contributed by atoms with Crippen molar-refractivity contribution < 1.29 is 9.50 Å². The zero-order valence-corrected chi connectivity index (χ0v) is 11.2. The molecule has 0 aromatic heterocycles. The van der Waals surface area contributed by atoms with Gasteiger partial charge in [-0.15, -0.1) is 0 Å². The van der Waals surface area contributed by atoms with E-state index in [1.165, 1.54) is 6.07 Å². The van der Waals surface area contributed by atoms with Crippen molar-refractivity contribution in [2.45, 2.75) is 19.4 Å². The van der Waals surface area contributed by atoms with Gasteiger partial charge in [0.1, 0.15) is 11.6 Å². The van der Waals surface area contributed by atoms with Crippen LogP contribution in [-0.4, -0.2) is 12.2 Å². The van der Waals surface area contributed by atoms with Gasteiger partial charge < -0.3 is 10.4 Å². The first-order chi connectivity index (χ1) is 9.10. The van der Waals surface area contributed by atoms with Crippen LogP contribution in [0.3, 0.4) is 0 Å². The van der Waals surface area contributed by atoms with Crippen LogP contribution in [0.1, 0.15) is 22.7 Å². The average molecular weight is 259 g/mol. The summed E-state index contributed by atoms with van der Waals surface area (Å²) in [6.07, 6.45) is 0.704. The Morgan fingerprint density at radius 2 is 2.00 bits per heavy atom. The van der Waals surface area contributed by atoms with Crippen molar-refractivity contribution >= 4 is 0 Å². The fraction of sp³-hybridized carbons (Fsp3) is 0.250. The Labute approximate surface area is 112 Å². The second kappa shape index (κ2) is 5.85. The molecule has 2 aromatic carbocycles. The highest BCUT2D eigenvalue weighted by Crippen LogP contribution is 2.23. The number of aromatic hydroxyl groups is 1. The molecule has 0 fully saturated rings. The van der Waals surface area contributed by atoms with E-state index in [0.717, 1.165) is 16.7 Å². The van der Waals surface area contributed by atoms with Gasteiger partial charge in [0, 0.05) is 6.04 Å². The Hall–Kier alpha value is -1.87. The summed E-state index contributed by atoms with van der Waals surface area (Å²) in [5, 5.41) is 12.7. The Morgan fingerprint density at radius 3 is 2.68 bits per heavy atom. The number of benzene rings is 2. The molecule has 0 radical (unpaired) electrons. The van der Waals surface area contributed by atoms with Gasteiger partial charge in [-0.2, -0.15) is 0 Å². The molecule has 0 aliphatic rings. The van der Waals surface area contributed by atoms with E-state index in [1.807, 2.05) is 26.1 Å². The van der Waals surface area contributed by atoms with Crippen LogP contribution in [0, 0.1) is 12.7 Å². The van der Waals surface area contributed by atoms with Gasteiger partial charge in [0.2, 0.25) is 0 Å². The number of halogens is 1. The van der Waals surface area contributed by atoms with Gasteiger partial charge in [0.05, 0.1) is 0 Å². The number of aryl methyl sites for hydroxylation is 1. The molecule has 3 heteroatoms. The molecule has 0 amide bonds. The molecule has 2 N–H and O–H groups in total. The highest BCUT2D eigenvalue weighted by Gasteiger charge is 2.13. The van der Waals surface area contributed by atoms with Crippen LogP contribution < -0.4 is 5.32 Å². The molecule has 0 saturated heterocycles. The first-order valence-electron chi connectivity index (χ1n) is 6.31. The second-order valence-electron chi connectivity index (χ2n) is 4.72.